The number of hydrazone groups is 1. The van der Waals surface area contributed by atoms with Crippen LogP contribution in [0.2, 0.25) is 0 Å². The molecular weight excluding hydrogens is 216 g/mol. The summed E-state index contributed by atoms with van der Waals surface area (Å²) in [5.74, 6) is 0.678. The van der Waals surface area contributed by atoms with Gasteiger partial charge in [-0.25, -0.2) is 5.43 Å². The van der Waals surface area contributed by atoms with Crippen molar-refractivity contribution in [3.63, 3.8) is 0 Å². The molecule has 92 valence electrons. The summed E-state index contributed by atoms with van der Waals surface area (Å²) >= 11 is 0. The fourth-order valence-corrected chi connectivity index (χ4v) is 1.21. The summed E-state index contributed by atoms with van der Waals surface area (Å²) in [6, 6.07) is 7.41. The highest BCUT2D eigenvalue weighted by molar-refractivity contribution is 5.84. The summed E-state index contributed by atoms with van der Waals surface area (Å²) in [6.45, 7) is 3.88. The molecule has 1 N–H and O–H groups in total. The molecular formula is C13H18N2O2. The number of rotatable bonds is 5. The summed E-state index contributed by atoms with van der Waals surface area (Å²) < 4.78 is 5.05. The van der Waals surface area contributed by atoms with E-state index in [-0.39, 0.29) is 5.91 Å². The zero-order valence-corrected chi connectivity index (χ0v) is 10.5. The van der Waals surface area contributed by atoms with Crippen LogP contribution in [0.5, 0.6) is 5.75 Å². The normalized spacial score (nSPS) is 11.1. The van der Waals surface area contributed by atoms with Crippen molar-refractivity contribution < 1.29 is 9.53 Å². The zero-order valence-electron chi connectivity index (χ0n) is 10.5. The lowest BCUT2D eigenvalue weighted by Gasteiger charge is -2.03. The highest BCUT2D eigenvalue weighted by atomic mass is 16.5. The molecule has 4 nitrogen and oxygen atoms in total. The zero-order chi connectivity index (χ0) is 12.7. The number of benzene rings is 1. The Bertz CT molecular complexity index is 396. The molecule has 0 aromatic heterocycles. The molecule has 4 heteroatoms. The number of nitrogens with one attached hydrogen (secondary N) is 1. The number of amides is 1. The maximum Gasteiger partial charge on any atom is 0.244 e. The standard InChI is InChI=1S/C13H18N2O2/c1-4-10(2)14-15-13(16)9-11-5-7-12(17-3)8-6-11/h5-8H,4,9H2,1-3H3,(H,15,16)/b14-10+. The van der Waals surface area contributed by atoms with Crippen molar-refractivity contribution in [2.75, 3.05) is 7.11 Å². The van der Waals surface area contributed by atoms with Crippen LogP contribution >= 0.6 is 0 Å². The molecule has 1 rings (SSSR count). The van der Waals surface area contributed by atoms with Crippen LogP contribution in [-0.2, 0) is 11.2 Å². The van der Waals surface area contributed by atoms with E-state index in [0.29, 0.717) is 6.42 Å². The fraction of sp³-hybridized carbons (Fsp3) is 0.385. The van der Waals surface area contributed by atoms with E-state index < -0.39 is 0 Å². The smallest absolute Gasteiger partial charge is 0.244 e. The van der Waals surface area contributed by atoms with Crippen molar-refractivity contribution in [1.82, 2.24) is 5.43 Å². The highest BCUT2D eigenvalue weighted by Gasteiger charge is 2.02. The molecule has 0 saturated heterocycles. The van der Waals surface area contributed by atoms with Crippen LogP contribution in [0.1, 0.15) is 25.8 Å². The van der Waals surface area contributed by atoms with Crippen molar-refractivity contribution >= 4 is 11.6 Å². The van der Waals surface area contributed by atoms with Crippen LogP contribution in [0.4, 0.5) is 0 Å². The van der Waals surface area contributed by atoms with E-state index in [4.69, 9.17) is 4.74 Å². The number of hydrogen-bond donors (Lipinski definition) is 1. The average molecular weight is 234 g/mol. The molecule has 0 bridgehead atoms. The molecule has 1 aromatic rings. The molecule has 0 heterocycles. The van der Waals surface area contributed by atoms with Gasteiger partial charge in [-0.1, -0.05) is 19.1 Å². The fourth-order valence-electron chi connectivity index (χ4n) is 1.21. The van der Waals surface area contributed by atoms with E-state index in [0.717, 1.165) is 23.4 Å². The molecule has 0 spiro atoms. The summed E-state index contributed by atoms with van der Waals surface area (Å²) in [5, 5.41) is 3.96. The van der Waals surface area contributed by atoms with Crippen LogP contribution in [-0.4, -0.2) is 18.7 Å². The molecule has 1 amide bonds. The van der Waals surface area contributed by atoms with Gasteiger partial charge < -0.3 is 4.74 Å². The van der Waals surface area contributed by atoms with Gasteiger partial charge in [0, 0.05) is 5.71 Å². The predicted molar refractivity (Wildman–Crippen MR) is 68.2 cm³/mol. The molecule has 0 fully saturated rings. The van der Waals surface area contributed by atoms with Crippen LogP contribution in [0.3, 0.4) is 0 Å². The van der Waals surface area contributed by atoms with Gasteiger partial charge in [0.05, 0.1) is 13.5 Å². The molecule has 0 saturated carbocycles. The van der Waals surface area contributed by atoms with Gasteiger partial charge in [0.2, 0.25) is 5.91 Å². The van der Waals surface area contributed by atoms with Gasteiger partial charge in [-0.3, -0.25) is 4.79 Å². The van der Waals surface area contributed by atoms with Gasteiger partial charge in [0.15, 0.2) is 0 Å². The van der Waals surface area contributed by atoms with Crippen LogP contribution < -0.4 is 10.2 Å². The highest BCUT2D eigenvalue weighted by Crippen LogP contribution is 2.11. The Balaban J connectivity index is 2.50. The summed E-state index contributed by atoms with van der Waals surface area (Å²) in [6.07, 6.45) is 1.16. The van der Waals surface area contributed by atoms with Gasteiger partial charge in [-0.15, -0.1) is 0 Å². The summed E-state index contributed by atoms with van der Waals surface area (Å²) in [5.41, 5.74) is 4.38. The van der Waals surface area contributed by atoms with Crippen LogP contribution in [0, 0.1) is 0 Å². The number of ether oxygens (including phenoxy) is 1. The van der Waals surface area contributed by atoms with Gasteiger partial charge in [0.1, 0.15) is 5.75 Å². The van der Waals surface area contributed by atoms with Gasteiger partial charge in [-0.2, -0.15) is 5.10 Å². The van der Waals surface area contributed by atoms with Gasteiger partial charge >= 0.3 is 0 Å². The van der Waals surface area contributed by atoms with Gasteiger partial charge in [-0.05, 0) is 31.0 Å². The van der Waals surface area contributed by atoms with Crippen molar-refractivity contribution in [3.8, 4) is 5.75 Å². The largest absolute Gasteiger partial charge is 0.497 e. The van der Waals surface area contributed by atoms with Crippen molar-refractivity contribution in [2.45, 2.75) is 26.7 Å². The minimum atomic E-state index is -0.108. The monoisotopic (exact) mass is 234 g/mol. The van der Waals surface area contributed by atoms with Crippen LogP contribution in [0.15, 0.2) is 29.4 Å². The van der Waals surface area contributed by atoms with E-state index in [1.165, 1.54) is 0 Å². The third-order valence-electron chi connectivity index (χ3n) is 2.41. The Morgan fingerprint density at radius 2 is 2.00 bits per heavy atom. The predicted octanol–water partition coefficient (Wildman–Crippen LogP) is 2.14. The van der Waals surface area contributed by atoms with E-state index in [1.807, 2.05) is 38.1 Å². The first-order valence-corrected chi connectivity index (χ1v) is 5.60. The van der Waals surface area contributed by atoms with Crippen molar-refractivity contribution in [2.24, 2.45) is 5.10 Å². The molecule has 0 atom stereocenters. The van der Waals surface area contributed by atoms with E-state index >= 15 is 0 Å². The molecule has 0 unspecified atom stereocenters. The molecule has 0 radical (unpaired) electrons. The maximum absolute atomic E-state index is 11.5. The van der Waals surface area contributed by atoms with E-state index in [2.05, 4.69) is 10.5 Å². The third-order valence-corrected chi connectivity index (χ3v) is 2.41. The topological polar surface area (TPSA) is 50.7 Å². The second kappa shape index (κ2) is 6.68. The first-order valence-electron chi connectivity index (χ1n) is 5.60. The third kappa shape index (κ3) is 4.68. The van der Waals surface area contributed by atoms with Crippen LogP contribution in [0.25, 0.3) is 0 Å². The molecule has 0 aliphatic carbocycles. The van der Waals surface area contributed by atoms with E-state index in [1.54, 1.807) is 7.11 Å². The Morgan fingerprint density at radius 3 is 2.53 bits per heavy atom. The second-order valence-corrected chi connectivity index (χ2v) is 3.76. The molecule has 0 aliphatic rings. The Hall–Kier alpha value is -1.84. The average Bonchev–Trinajstić information content (AvgIpc) is 2.36. The lowest BCUT2D eigenvalue weighted by Crippen LogP contribution is -2.20. The number of methoxy groups -OCH3 is 1. The first-order chi connectivity index (χ1) is 8.15. The lowest BCUT2D eigenvalue weighted by molar-refractivity contribution is -0.120. The van der Waals surface area contributed by atoms with Crippen molar-refractivity contribution in [3.05, 3.63) is 29.8 Å². The first kappa shape index (κ1) is 13.2. The number of carbonyl (C=O) groups excluding carboxylic acids is 1. The number of hydrogen-bond acceptors (Lipinski definition) is 3. The molecule has 17 heavy (non-hydrogen) atoms. The Kier molecular flexibility index (Phi) is 5.20. The molecule has 0 aliphatic heterocycles. The molecule has 1 aromatic carbocycles. The Morgan fingerprint density at radius 1 is 1.35 bits per heavy atom. The maximum atomic E-state index is 11.5. The van der Waals surface area contributed by atoms with Gasteiger partial charge in [0.25, 0.3) is 0 Å². The summed E-state index contributed by atoms with van der Waals surface area (Å²) in [4.78, 5) is 11.5. The SMILES string of the molecule is CC/C(C)=N/NC(=O)Cc1ccc(OC)cc1. The second-order valence-electron chi connectivity index (χ2n) is 3.76. The summed E-state index contributed by atoms with van der Waals surface area (Å²) in [7, 11) is 1.62. The van der Waals surface area contributed by atoms with E-state index in [9.17, 15) is 4.79 Å². The quantitative estimate of drug-likeness (QED) is 0.627. The van der Waals surface area contributed by atoms with Crippen molar-refractivity contribution in [1.29, 1.82) is 0 Å². The minimum absolute atomic E-state index is 0.108. The lowest BCUT2D eigenvalue weighted by atomic mass is 10.1. The Labute approximate surface area is 102 Å². The number of carbonyl (C=O) groups is 1. The minimum Gasteiger partial charge on any atom is -0.497 e. The number of nitrogens with zero attached hydrogens (tertiary/aromatic N) is 1.